The molecule has 20 heavy (non-hydrogen) atoms. The molecule has 0 saturated carbocycles. The Morgan fingerprint density at radius 3 is 2.65 bits per heavy atom. The van der Waals surface area contributed by atoms with Gasteiger partial charge in [-0.05, 0) is 25.0 Å². The van der Waals surface area contributed by atoms with Crippen molar-refractivity contribution in [2.24, 2.45) is 0 Å². The van der Waals surface area contributed by atoms with Crippen molar-refractivity contribution >= 4 is 17.6 Å². The minimum atomic E-state index is -0.854. The Hall–Kier alpha value is -2.24. The summed E-state index contributed by atoms with van der Waals surface area (Å²) in [6.45, 7) is 0.800. The van der Waals surface area contributed by atoms with Crippen molar-refractivity contribution in [2.45, 2.75) is 25.7 Å². The topological polar surface area (TPSA) is 102 Å². The average molecular weight is 280 g/mol. The lowest BCUT2D eigenvalue weighted by Gasteiger charge is -2.08. The van der Waals surface area contributed by atoms with Crippen LogP contribution in [-0.4, -0.2) is 30.1 Å². The molecule has 1 amide bonds. The summed E-state index contributed by atoms with van der Waals surface area (Å²) in [4.78, 5) is 21.7. The Bertz CT molecular complexity index is 449. The third kappa shape index (κ3) is 6.63. The Kier molecular flexibility index (Phi) is 6.95. The highest BCUT2D eigenvalue weighted by molar-refractivity contribution is 5.75. The van der Waals surface area contributed by atoms with Crippen LogP contribution in [0.5, 0.6) is 5.75 Å². The number of nitrogens with one attached hydrogen (secondary N) is 1. The van der Waals surface area contributed by atoms with E-state index < -0.39 is 5.97 Å². The van der Waals surface area contributed by atoms with E-state index in [2.05, 4.69) is 5.32 Å². The first-order valence-corrected chi connectivity index (χ1v) is 6.55. The molecule has 110 valence electrons. The maximum absolute atomic E-state index is 11.4. The molecular formula is C14H20N2O4. The summed E-state index contributed by atoms with van der Waals surface area (Å²) >= 11 is 0. The number of carbonyl (C=O) groups is 2. The van der Waals surface area contributed by atoms with Crippen LogP contribution in [0.2, 0.25) is 0 Å². The van der Waals surface area contributed by atoms with Gasteiger partial charge in [-0.25, -0.2) is 0 Å². The van der Waals surface area contributed by atoms with E-state index in [4.69, 9.17) is 15.6 Å². The van der Waals surface area contributed by atoms with Crippen molar-refractivity contribution in [3.63, 3.8) is 0 Å². The van der Waals surface area contributed by atoms with E-state index in [-0.39, 0.29) is 12.3 Å². The predicted molar refractivity (Wildman–Crippen MR) is 75.5 cm³/mol. The molecule has 0 aromatic heterocycles. The standard InChI is InChI=1S/C14H20N2O4/c15-11-5-1-2-6-12(11)20-10-4-7-13(17)16-9-3-8-14(18)19/h1-2,5-6H,3-4,7-10,15H2,(H,16,17)(H,18,19). The minimum absolute atomic E-state index is 0.0661. The fourth-order valence-electron chi connectivity index (χ4n) is 1.58. The van der Waals surface area contributed by atoms with E-state index in [1.807, 2.05) is 12.1 Å². The molecule has 6 heteroatoms. The summed E-state index contributed by atoms with van der Waals surface area (Å²) in [5.41, 5.74) is 6.29. The quantitative estimate of drug-likeness (QED) is 0.469. The summed E-state index contributed by atoms with van der Waals surface area (Å²) in [6, 6.07) is 7.19. The van der Waals surface area contributed by atoms with Crippen LogP contribution in [0.15, 0.2) is 24.3 Å². The number of rotatable bonds is 9. The number of aliphatic carboxylic acids is 1. The van der Waals surface area contributed by atoms with Crippen LogP contribution >= 0.6 is 0 Å². The molecule has 6 nitrogen and oxygen atoms in total. The summed E-state index contributed by atoms with van der Waals surface area (Å²) in [6.07, 6.45) is 1.44. The van der Waals surface area contributed by atoms with Crippen LogP contribution in [0, 0.1) is 0 Å². The molecule has 0 unspecified atom stereocenters. The van der Waals surface area contributed by atoms with E-state index in [1.165, 1.54) is 0 Å². The molecule has 0 aliphatic heterocycles. The number of carboxylic acid groups (broad SMARTS) is 1. The lowest BCUT2D eigenvalue weighted by atomic mass is 10.2. The zero-order valence-electron chi connectivity index (χ0n) is 11.3. The highest BCUT2D eigenvalue weighted by atomic mass is 16.5. The molecule has 0 atom stereocenters. The van der Waals surface area contributed by atoms with Gasteiger partial charge in [0.15, 0.2) is 0 Å². The largest absolute Gasteiger partial charge is 0.491 e. The van der Waals surface area contributed by atoms with Crippen molar-refractivity contribution in [2.75, 3.05) is 18.9 Å². The molecule has 1 aromatic carbocycles. The van der Waals surface area contributed by atoms with Gasteiger partial charge in [-0.3, -0.25) is 9.59 Å². The van der Waals surface area contributed by atoms with Gasteiger partial charge in [0, 0.05) is 19.4 Å². The van der Waals surface area contributed by atoms with Crippen LogP contribution in [0.25, 0.3) is 0 Å². The number of hydrogen-bond acceptors (Lipinski definition) is 4. The smallest absolute Gasteiger partial charge is 0.303 e. The molecule has 0 fully saturated rings. The third-order valence-corrected chi connectivity index (χ3v) is 2.61. The fraction of sp³-hybridized carbons (Fsp3) is 0.429. The normalized spacial score (nSPS) is 10.0. The van der Waals surface area contributed by atoms with Crippen LogP contribution in [0.4, 0.5) is 5.69 Å². The molecule has 1 rings (SSSR count). The Balaban J connectivity index is 2.07. The van der Waals surface area contributed by atoms with Crippen LogP contribution in [0.1, 0.15) is 25.7 Å². The van der Waals surface area contributed by atoms with E-state index in [1.54, 1.807) is 12.1 Å². The molecule has 0 bridgehead atoms. The van der Waals surface area contributed by atoms with Gasteiger partial charge in [-0.1, -0.05) is 12.1 Å². The highest BCUT2D eigenvalue weighted by Crippen LogP contribution is 2.19. The molecule has 0 saturated heterocycles. The summed E-state index contributed by atoms with van der Waals surface area (Å²) in [5.74, 6) is -0.331. The molecule has 4 N–H and O–H groups in total. The number of nitrogen functional groups attached to an aromatic ring is 1. The van der Waals surface area contributed by atoms with Gasteiger partial charge in [-0.15, -0.1) is 0 Å². The number of carbonyl (C=O) groups excluding carboxylic acids is 1. The van der Waals surface area contributed by atoms with Crippen molar-refractivity contribution in [1.29, 1.82) is 0 Å². The monoisotopic (exact) mass is 280 g/mol. The summed E-state index contributed by atoms with van der Waals surface area (Å²) in [7, 11) is 0. The summed E-state index contributed by atoms with van der Waals surface area (Å²) < 4.78 is 5.46. The second kappa shape index (κ2) is 8.79. The van der Waals surface area contributed by atoms with Crippen molar-refractivity contribution in [3.8, 4) is 5.75 Å². The van der Waals surface area contributed by atoms with E-state index in [0.29, 0.717) is 43.9 Å². The number of para-hydroxylation sites is 2. The van der Waals surface area contributed by atoms with Crippen molar-refractivity contribution < 1.29 is 19.4 Å². The SMILES string of the molecule is Nc1ccccc1OCCCC(=O)NCCCC(=O)O. The molecule has 0 spiro atoms. The molecule has 0 heterocycles. The highest BCUT2D eigenvalue weighted by Gasteiger charge is 2.03. The number of hydrogen-bond donors (Lipinski definition) is 3. The average Bonchev–Trinajstić information content (AvgIpc) is 2.41. The van der Waals surface area contributed by atoms with Gasteiger partial charge < -0.3 is 20.9 Å². The maximum atomic E-state index is 11.4. The van der Waals surface area contributed by atoms with Crippen molar-refractivity contribution in [1.82, 2.24) is 5.32 Å². The lowest BCUT2D eigenvalue weighted by Crippen LogP contribution is -2.25. The lowest BCUT2D eigenvalue weighted by molar-refractivity contribution is -0.137. The molecule has 1 aromatic rings. The summed E-state index contributed by atoms with van der Waals surface area (Å²) in [5, 5.41) is 11.1. The van der Waals surface area contributed by atoms with Gasteiger partial charge in [0.25, 0.3) is 0 Å². The Morgan fingerprint density at radius 2 is 1.95 bits per heavy atom. The van der Waals surface area contributed by atoms with Gasteiger partial charge in [0.05, 0.1) is 12.3 Å². The zero-order chi connectivity index (χ0) is 14.8. The van der Waals surface area contributed by atoms with Crippen molar-refractivity contribution in [3.05, 3.63) is 24.3 Å². The van der Waals surface area contributed by atoms with Crippen LogP contribution in [0.3, 0.4) is 0 Å². The molecule has 0 radical (unpaired) electrons. The first-order valence-electron chi connectivity index (χ1n) is 6.55. The van der Waals surface area contributed by atoms with Gasteiger partial charge in [0.2, 0.25) is 5.91 Å². The Labute approximate surface area is 117 Å². The van der Waals surface area contributed by atoms with E-state index in [0.717, 1.165) is 0 Å². The molecule has 0 aliphatic rings. The molecule has 0 aliphatic carbocycles. The number of ether oxygens (including phenoxy) is 1. The van der Waals surface area contributed by atoms with E-state index in [9.17, 15) is 9.59 Å². The number of anilines is 1. The second-order valence-corrected chi connectivity index (χ2v) is 4.34. The maximum Gasteiger partial charge on any atom is 0.303 e. The van der Waals surface area contributed by atoms with E-state index >= 15 is 0 Å². The predicted octanol–water partition coefficient (Wildman–Crippen LogP) is 1.41. The van der Waals surface area contributed by atoms with Gasteiger partial charge in [0.1, 0.15) is 5.75 Å². The number of carboxylic acids is 1. The zero-order valence-corrected chi connectivity index (χ0v) is 11.3. The fourth-order valence-corrected chi connectivity index (χ4v) is 1.58. The molecular weight excluding hydrogens is 260 g/mol. The third-order valence-electron chi connectivity index (χ3n) is 2.61. The first kappa shape index (κ1) is 15.8. The minimum Gasteiger partial charge on any atom is -0.491 e. The van der Waals surface area contributed by atoms with Crippen LogP contribution in [-0.2, 0) is 9.59 Å². The number of benzene rings is 1. The second-order valence-electron chi connectivity index (χ2n) is 4.34. The first-order chi connectivity index (χ1) is 9.59. The van der Waals surface area contributed by atoms with Gasteiger partial charge in [-0.2, -0.15) is 0 Å². The van der Waals surface area contributed by atoms with Crippen LogP contribution < -0.4 is 15.8 Å². The number of nitrogens with two attached hydrogens (primary N) is 1. The Morgan fingerprint density at radius 1 is 1.20 bits per heavy atom. The van der Waals surface area contributed by atoms with Gasteiger partial charge >= 0.3 is 5.97 Å². The number of amides is 1.